The molecule has 0 bridgehead atoms. The Kier molecular flexibility index (Phi) is 5.68. The van der Waals surface area contributed by atoms with Gasteiger partial charge in [0.2, 0.25) is 0 Å². The van der Waals surface area contributed by atoms with E-state index in [4.69, 9.17) is 5.11 Å². The molecule has 3 heteroatoms. The Morgan fingerprint density at radius 2 is 1.79 bits per heavy atom. The number of nitrogens with zero attached hydrogens (tertiary/aromatic N) is 1. The van der Waals surface area contributed by atoms with E-state index in [1.165, 1.54) is 51.6 Å². The topological polar surface area (TPSA) is 40.5 Å². The van der Waals surface area contributed by atoms with E-state index in [0.717, 1.165) is 24.8 Å². The predicted octanol–water partition coefficient (Wildman–Crippen LogP) is 3.39. The van der Waals surface area contributed by atoms with Crippen molar-refractivity contribution in [2.24, 2.45) is 17.8 Å². The Labute approximate surface area is 117 Å². The summed E-state index contributed by atoms with van der Waals surface area (Å²) in [6.45, 7) is 5.72. The minimum atomic E-state index is -0.629. The van der Waals surface area contributed by atoms with Crippen LogP contribution in [0.15, 0.2) is 0 Å². The summed E-state index contributed by atoms with van der Waals surface area (Å²) in [6.07, 6.45) is 9.59. The van der Waals surface area contributed by atoms with E-state index in [0.29, 0.717) is 12.3 Å². The van der Waals surface area contributed by atoms with Crippen LogP contribution in [0, 0.1) is 17.8 Å². The zero-order valence-electron chi connectivity index (χ0n) is 12.3. The molecule has 0 radical (unpaired) electrons. The van der Waals surface area contributed by atoms with E-state index in [9.17, 15) is 4.79 Å². The van der Waals surface area contributed by atoms with Gasteiger partial charge in [0.05, 0.1) is 0 Å². The largest absolute Gasteiger partial charge is 0.481 e. The molecule has 0 spiro atoms. The fourth-order valence-corrected chi connectivity index (χ4v) is 3.92. The van der Waals surface area contributed by atoms with Crippen molar-refractivity contribution in [3.05, 3.63) is 0 Å². The first kappa shape index (κ1) is 14.8. The molecule has 1 saturated carbocycles. The number of carboxylic acid groups (broad SMARTS) is 1. The second-order valence-corrected chi connectivity index (χ2v) is 6.66. The van der Waals surface area contributed by atoms with Gasteiger partial charge >= 0.3 is 5.97 Å². The summed E-state index contributed by atoms with van der Waals surface area (Å²) >= 11 is 0. The number of aliphatic carboxylic acids is 1. The molecule has 3 nitrogen and oxygen atoms in total. The molecule has 1 heterocycles. The van der Waals surface area contributed by atoms with E-state index in [1.54, 1.807) is 0 Å². The van der Waals surface area contributed by atoms with Crippen LogP contribution in [0.4, 0.5) is 0 Å². The van der Waals surface area contributed by atoms with Gasteiger partial charge in [0.25, 0.3) is 0 Å². The van der Waals surface area contributed by atoms with Gasteiger partial charge < -0.3 is 10.0 Å². The summed E-state index contributed by atoms with van der Waals surface area (Å²) in [5.41, 5.74) is 0. The summed E-state index contributed by atoms with van der Waals surface area (Å²) < 4.78 is 0. The van der Waals surface area contributed by atoms with Gasteiger partial charge in [-0.3, -0.25) is 4.79 Å². The van der Waals surface area contributed by atoms with Crippen molar-refractivity contribution in [3.63, 3.8) is 0 Å². The Morgan fingerprint density at radius 3 is 2.42 bits per heavy atom. The van der Waals surface area contributed by atoms with Crippen LogP contribution < -0.4 is 0 Å². The highest BCUT2D eigenvalue weighted by Crippen LogP contribution is 2.32. The van der Waals surface area contributed by atoms with E-state index < -0.39 is 5.97 Å². The Bertz CT molecular complexity index is 284. The standard InChI is InChI=1S/C16H29NO2/c1-2-13-5-7-14(8-6-13)11-17-9-3-4-15(12-17)10-16(18)19/h13-15H,2-12H2,1H3,(H,18,19). The van der Waals surface area contributed by atoms with E-state index in [2.05, 4.69) is 11.8 Å². The number of rotatable bonds is 5. The maximum absolute atomic E-state index is 10.8. The van der Waals surface area contributed by atoms with Crippen LogP contribution in [0.3, 0.4) is 0 Å². The highest BCUT2D eigenvalue weighted by Gasteiger charge is 2.26. The highest BCUT2D eigenvalue weighted by atomic mass is 16.4. The zero-order chi connectivity index (χ0) is 13.7. The Morgan fingerprint density at radius 1 is 1.11 bits per heavy atom. The predicted molar refractivity (Wildman–Crippen MR) is 77.2 cm³/mol. The van der Waals surface area contributed by atoms with Gasteiger partial charge in [0, 0.05) is 19.5 Å². The molecule has 0 amide bonds. The molecule has 110 valence electrons. The minimum Gasteiger partial charge on any atom is -0.481 e. The molecule has 2 aliphatic rings. The minimum absolute atomic E-state index is 0.360. The molecule has 1 unspecified atom stereocenters. The van der Waals surface area contributed by atoms with Gasteiger partial charge in [-0.05, 0) is 50.0 Å². The molecule has 1 atom stereocenters. The molecule has 2 rings (SSSR count). The summed E-state index contributed by atoms with van der Waals surface area (Å²) in [4.78, 5) is 13.4. The summed E-state index contributed by atoms with van der Waals surface area (Å²) in [7, 11) is 0. The third kappa shape index (κ3) is 4.79. The van der Waals surface area contributed by atoms with Crippen LogP contribution in [-0.2, 0) is 4.79 Å². The Hall–Kier alpha value is -0.570. The number of likely N-dealkylation sites (tertiary alicyclic amines) is 1. The fraction of sp³-hybridized carbons (Fsp3) is 0.938. The molecule has 1 aliphatic heterocycles. The maximum Gasteiger partial charge on any atom is 0.303 e. The smallest absolute Gasteiger partial charge is 0.303 e. The second kappa shape index (κ2) is 7.28. The van der Waals surface area contributed by atoms with Gasteiger partial charge in [-0.2, -0.15) is 0 Å². The third-order valence-electron chi connectivity index (χ3n) is 5.13. The molecule has 0 aromatic heterocycles. The van der Waals surface area contributed by atoms with E-state index >= 15 is 0 Å². The molecule has 1 saturated heterocycles. The van der Waals surface area contributed by atoms with Crippen molar-refractivity contribution < 1.29 is 9.90 Å². The molecule has 1 aliphatic carbocycles. The first-order valence-electron chi connectivity index (χ1n) is 8.11. The van der Waals surface area contributed by atoms with Crippen LogP contribution in [0.5, 0.6) is 0 Å². The van der Waals surface area contributed by atoms with Crippen LogP contribution in [0.2, 0.25) is 0 Å². The van der Waals surface area contributed by atoms with Crippen molar-refractivity contribution in [3.8, 4) is 0 Å². The lowest BCUT2D eigenvalue weighted by Gasteiger charge is -2.36. The number of piperidine rings is 1. The van der Waals surface area contributed by atoms with Gasteiger partial charge in [-0.25, -0.2) is 0 Å². The molecular weight excluding hydrogens is 238 g/mol. The number of carboxylic acids is 1. The quantitative estimate of drug-likeness (QED) is 0.830. The van der Waals surface area contributed by atoms with Crippen molar-refractivity contribution in [2.75, 3.05) is 19.6 Å². The Balaban J connectivity index is 1.72. The average Bonchev–Trinajstić information content (AvgIpc) is 2.39. The van der Waals surface area contributed by atoms with Gasteiger partial charge in [0.15, 0.2) is 0 Å². The first-order chi connectivity index (χ1) is 9.17. The van der Waals surface area contributed by atoms with E-state index in [-0.39, 0.29) is 0 Å². The molecule has 2 fully saturated rings. The number of hydrogen-bond acceptors (Lipinski definition) is 2. The van der Waals surface area contributed by atoms with Gasteiger partial charge in [0.1, 0.15) is 0 Å². The first-order valence-corrected chi connectivity index (χ1v) is 8.11. The van der Waals surface area contributed by atoms with Gasteiger partial charge in [-0.15, -0.1) is 0 Å². The zero-order valence-corrected chi connectivity index (χ0v) is 12.3. The lowest BCUT2D eigenvalue weighted by atomic mass is 9.80. The average molecular weight is 267 g/mol. The van der Waals surface area contributed by atoms with Crippen LogP contribution in [-0.4, -0.2) is 35.6 Å². The normalized spacial score (nSPS) is 33.2. The van der Waals surface area contributed by atoms with Crippen molar-refractivity contribution in [1.29, 1.82) is 0 Å². The molecule has 0 aromatic rings. The molecule has 19 heavy (non-hydrogen) atoms. The van der Waals surface area contributed by atoms with Crippen LogP contribution >= 0.6 is 0 Å². The fourth-order valence-electron chi connectivity index (χ4n) is 3.92. The molecule has 0 aromatic carbocycles. The molecule has 1 N–H and O–H groups in total. The monoisotopic (exact) mass is 267 g/mol. The van der Waals surface area contributed by atoms with Crippen molar-refractivity contribution >= 4 is 5.97 Å². The highest BCUT2D eigenvalue weighted by molar-refractivity contribution is 5.67. The SMILES string of the molecule is CCC1CCC(CN2CCCC(CC(=O)O)C2)CC1. The van der Waals surface area contributed by atoms with Gasteiger partial charge in [-0.1, -0.05) is 26.2 Å². The molecular formula is C16H29NO2. The summed E-state index contributed by atoms with van der Waals surface area (Å²) in [6, 6.07) is 0. The second-order valence-electron chi connectivity index (χ2n) is 6.66. The third-order valence-corrected chi connectivity index (χ3v) is 5.13. The van der Waals surface area contributed by atoms with Crippen LogP contribution in [0.1, 0.15) is 58.3 Å². The lowest BCUT2D eigenvalue weighted by molar-refractivity contribution is -0.138. The summed E-state index contributed by atoms with van der Waals surface area (Å²) in [5, 5.41) is 8.91. The van der Waals surface area contributed by atoms with Crippen molar-refractivity contribution in [2.45, 2.75) is 58.3 Å². The maximum atomic E-state index is 10.8. The van der Waals surface area contributed by atoms with Crippen molar-refractivity contribution in [1.82, 2.24) is 4.90 Å². The number of hydrogen-bond donors (Lipinski definition) is 1. The van der Waals surface area contributed by atoms with E-state index in [1.807, 2.05) is 0 Å². The summed E-state index contributed by atoms with van der Waals surface area (Å²) in [5.74, 6) is 1.59. The number of carbonyl (C=O) groups is 1. The van der Waals surface area contributed by atoms with Crippen LogP contribution in [0.25, 0.3) is 0 Å². The lowest BCUT2D eigenvalue weighted by Crippen LogP contribution is -2.39.